The lowest BCUT2D eigenvalue weighted by atomic mass is 9.84. The summed E-state index contributed by atoms with van der Waals surface area (Å²) in [6.45, 7) is 10.4. The van der Waals surface area contributed by atoms with Gasteiger partial charge < -0.3 is 15.3 Å². The van der Waals surface area contributed by atoms with Crippen LogP contribution in [-0.2, 0) is 4.79 Å². The van der Waals surface area contributed by atoms with Crippen LogP contribution in [0.5, 0.6) is 0 Å². The van der Waals surface area contributed by atoms with Crippen molar-refractivity contribution in [3.8, 4) is 0 Å². The highest BCUT2D eigenvalue weighted by Gasteiger charge is 2.33. The van der Waals surface area contributed by atoms with Crippen LogP contribution in [0, 0.1) is 17.3 Å². The van der Waals surface area contributed by atoms with Gasteiger partial charge in [-0.25, -0.2) is 0 Å². The van der Waals surface area contributed by atoms with Crippen LogP contribution >= 0.6 is 0 Å². The Morgan fingerprint density at radius 2 is 2.00 bits per heavy atom. The van der Waals surface area contributed by atoms with Crippen molar-refractivity contribution in [2.24, 2.45) is 17.3 Å². The standard InChI is InChI=1S/C16H30N2O2/c1-16(2,3)11-17-14-7-13(15(19)20)9-18(10-14)8-12-5-4-6-12/h12-14,17H,4-11H2,1-3H3,(H,19,20). The molecule has 0 spiro atoms. The van der Waals surface area contributed by atoms with Crippen molar-refractivity contribution < 1.29 is 9.90 Å². The van der Waals surface area contributed by atoms with E-state index in [9.17, 15) is 9.90 Å². The predicted molar refractivity (Wildman–Crippen MR) is 80.8 cm³/mol. The van der Waals surface area contributed by atoms with E-state index >= 15 is 0 Å². The molecule has 1 heterocycles. The van der Waals surface area contributed by atoms with Crippen LogP contribution in [-0.4, -0.2) is 48.2 Å². The van der Waals surface area contributed by atoms with Crippen molar-refractivity contribution in [2.45, 2.75) is 52.5 Å². The Kier molecular flexibility index (Phi) is 5.08. The third-order valence-corrected chi connectivity index (χ3v) is 4.54. The number of piperidine rings is 1. The van der Waals surface area contributed by atoms with Gasteiger partial charge in [-0.3, -0.25) is 4.79 Å². The summed E-state index contributed by atoms with van der Waals surface area (Å²) in [6.07, 6.45) is 4.78. The zero-order chi connectivity index (χ0) is 14.8. The lowest BCUT2D eigenvalue weighted by Gasteiger charge is -2.40. The van der Waals surface area contributed by atoms with Crippen molar-refractivity contribution >= 4 is 5.97 Å². The van der Waals surface area contributed by atoms with Crippen molar-refractivity contribution in [3.63, 3.8) is 0 Å². The van der Waals surface area contributed by atoms with Gasteiger partial charge in [0.05, 0.1) is 5.92 Å². The van der Waals surface area contributed by atoms with Gasteiger partial charge in [0.1, 0.15) is 0 Å². The van der Waals surface area contributed by atoms with Crippen LogP contribution in [0.2, 0.25) is 0 Å². The zero-order valence-corrected chi connectivity index (χ0v) is 13.2. The maximum Gasteiger partial charge on any atom is 0.307 e. The molecule has 0 bridgehead atoms. The summed E-state index contributed by atoms with van der Waals surface area (Å²) in [5, 5.41) is 12.9. The van der Waals surface area contributed by atoms with Gasteiger partial charge in [-0.05, 0) is 30.6 Å². The SMILES string of the molecule is CC(C)(C)CNC1CC(C(=O)O)CN(CC2CCC2)C1. The quantitative estimate of drug-likeness (QED) is 0.811. The van der Waals surface area contributed by atoms with Crippen LogP contribution < -0.4 is 5.32 Å². The summed E-state index contributed by atoms with van der Waals surface area (Å²) in [6, 6.07) is 0.323. The molecule has 0 aromatic carbocycles. The van der Waals surface area contributed by atoms with E-state index in [4.69, 9.17) is 0 Å². The van der Waals surface area contributed by atoms with Gasteiger partial charge in [0, 0.05) is 32.2 Å². The van der Waals surface area contributed by atoms with E-state index in [-0.39, 0.29) is 11.3 Å². The maximum atomic E-state index is 11.4. The molecule has 2 aliphatic rings. The second-order valence-corrected chi connectivity index (χ2v) is 7.92. The van der Waals surface area contributed by atoms with E-state index in [0.29, 0.717) is 6.04 Å². The Bertz CT molecular complexity index is 334. The highest BCUT2D eigenvalue weighted by atomic mass is 16.4. The molecule has 0 aromatic heterocycles. The lowest BCUT2D eigenvalue weighted by molar-refractivity contribution is -0.144. The first-order valence-electron chi connectivity index (χ1n) is 8.02. The molecule has 1 saturated heterocycles. The second-order valence-electron chi connectivity index (χ2n) is 7.92. The first kappa shape index (κ1) is 15.8. The van der Waals surface area contributed by atoms with Gasteiger partial charge in [-0.2, -0.15) is 0 Å². The second kappa shape index (κ2) is 6.44. The Morgan fingerprint density at radius 3 is 2.50 bits per heavy atom. The summed E-state index contributed by atoms with van der Waals surface area (Å²) >= 11 is 0. The summed E-state index contributed by atoms with van der Waals surface area (Å²) in [4.78, 5) is 13.7. The number of rotatable bonds is 5. The van der Waals surface area contributed by atoms with Gasteiger partial charge in [-0.15, -0.1) is 0 Å². The fourth-order valence-corrected chi connectivity index (χ4v) is 3.16. The molecular weight excluding hydrogens is 252 g/mol. The topological polar surface area (TPSA) is 52.6 Å². The smallest absolute Gasteiger partial charge is 0.307 e. The van der Waals surface area contributed by atoms with Gasteiger partial charge in [-0.1, -0.05) is 27.2 Å². The predicted octanol–water partition coefficient (Wildman–Crippen LogP) is 2.20. The molecule has 116 valence electrons. The molecule has 4 nitrogen and oxygen atoms in total. The van der Waals surface area contributed by atoms with E-state index in [0.717, 1.165) is 38.5 Å². The number of carboxylic acids is 1. The molecule has 1 aliphatic heterocycles. The van der Waals surface area contributed by atoms with Gasteiger partial charge >= 0.3 is 5.97 Å². The Balaban J connectivity index is 1.87. The minimum Gasteiger partial charge on any atom is -0.481 e. The molecule has 4 heteroatoms. The molecule has 0 radical (unpaired) electrons. The molecule has 2 atom stereocenters. The molecule has 20 heavy (non-hydrogen) atoms. The van der Waals surface area contributed by atoms with E-state index < -0.39 is 5.97 Å². The number of nitrogens with one attached hydrogen (secondary N) is 1. The Hall–Kier alpha value is -0.610. The number of nitrogens with zero attached hydrogens (tertiary/aromatic N) is 1. The van der Waals surface area contributed by atoms with Crippen molar-refractivity contribution in [3.05, 3.63) is 0 Å². The highest BCUT2D eigenvalue weighted by Crippen LogP contribution is 2.29. The highest BCUT2D eigenvalue weighted by molar-refractivity contribution is 5.70. The number of hydrogen-bond donors (Lipinski definition) is 2. The Labute approximate surface area is 122 Å². The maximum absolute atomic E-state index is 11.4. The monoisotopic (exact) mass is 282 g/mol. The van der Waals surface area contributed by atoms with Gasteiger partial charge in [0.25, 0.3) is 0 Å². The largest absolute Gasteiger partial charge is 0.481 e. The minimum absolute atomic E-state index is 0.207. The Morgan fingerprint density at radius 1 is 1.30 bits per heavy atom. The van der Waals surface area contributed by atoms with Crippen LogP contribution in [0.15, 0.2) is 0 Å². The zero-order valence-electron chi connectivity index (χ0n) is 13.2. The third-order valence-electron chi connectivity index (χ3n) is 4.54. The van der Waals surface area contributed by atoms with E-state index in [1.165, 1.54) is 19.3 Å². The van der Waals surface area contributed by atoms with Crippen LogP contribution in [0.25, 0.3) is 0 Å². The first-order valence-corrected chi connectivity index (χ1v) is 8.02. The summed E-state index contributed by atoms with van der Waals surface area (Å²) in [5.74, 6) is -0.0297. The molecule has 1 aliphatic carbocycles. The molecular formula is C16H30N2O2. The molecule has 2 rings (SSSR count). The van der Waals surface area contributed by atoms with Crippen LogP contribution in [0.1, 0.15) is 46.5 Å². The number of hydrogen-bond acceptors (Lipinski definition) is 3. The molecule has 2 unspecified atom stereocenters. The number of carbonyl (C=O) groups is 1. The number of aliphatic carboxylic acids is 1. The van der Waals surface area contributed by atoms with Crippen LogP contribution in [0.4, 0.5) is 0 Å². The number of likely N-dealkylation sites (tertiary alicyclic amines) is 1. The molecule has 2 N–H and O–H groups in total. The molecule has 0 aromatic rings. The summed E-state index contributed by atoms with van der Waals surface area (Å²) in [5.41, 5.74) is 0.245. The van der Waals surface area contributed by atoms with Gasteiger partial charge in [0.2, 0.25) is 0 Å². The van der Waals surface area contributed by atoms with E-state index in [2.05, 4.69) is 31.0 Å². The average molecular weight is 282 g/mol. The van der Waals surface area contributed by atoms with Crippen molar-refractivity contribution in [2.75, 3.05) is 26.2 Å². The van der Waals surface area contributed by atoms with Gasteiger partial charge in [0.15, 0.2) is 0 Å². The first-order chi connectivity index (χ1) is 9.33. The fourth-order valence-electron chi connectivity index (χ4n) is 3.16. The van der Waals surface area contributed by atoms with Crippen LogP contribution in [0.3, 0.4) is 0 Å². The van der Waals surface area contributed by atoms with E-state index in [1.54, 1.807) is 0 Å². The lowest BCUT2D eigenvalue weighted by Crippen LogP contribution is -2.53. The number of carboxylic acid groups (broad SMARTS) is 1. The molecule has 0 amide bonds. The normalized spacial score (nSPS) is 29.1. The fraction of sp³-hybridized carbons (Fsp3) is 0.938. The van der Waals surface area contributed by atoms with E-state index in [1.807, 2.05) is 0 Å². The van der Waals surface area contributed by atoms with Crippen molar-refractivity contribution in [1.82, 2.24) is 10.2 Å². The van der Waals surface area contributed by atoms with Crippen molar-refractivity contribution in [1.29, 1.82) is 0 Å². The summed E-state index contributed by atoms with van der Waals surface area (Å²) < 4.78 is 0. The summed E-state index contributed by atoms with van der Waals surface area (Å²) in [7, 11) is 0. The molecule has 2 fully saturated rings. The molecule has 1 saturated carbocycles. The third kappa shape index (κ3) is 4.74. The average Bonchev–Trinajstić information content (AvgIpc) is 2.30. The minimum atomic E-state index is -0.633.